The molecule has 0 fully saturated rings. The minimum atomic E-state index is -0.446. The van der Waals surface area contributed by atoms with Crippen LogP contribution in [0.1, 0.15) is 22.8 Å². The Hall–Kier alpha value is -1.89. The second-order valence-corrected chi connectivity index (χ2v) is 7.21. The van der Waals surface area contributed by atoms with Gasteiger partial charge in [-0.1, -0.05) is 35.3 Å². The van der Waals surface area contributed by atoms with Crippen LogP contribution >= 0.6 is 39.1 Å². The minimum Gasteiger partial charge on any atom is -0.348 e. The molecule has 5 nitrogen and oxygen atoms in total. The lowest BCUT2D eigenvalue weighted by atomic mass is 10.1. The van der Waals surface area contributed by atoms with E-state index in [1.54, 1.807) is 22.8 Å². The van der Waals surface area contributed by atoms with E-state index in [0.717, 1.165) is 5.56 Å². The van der Waals surface area contributed by atoms with E-state index in [1.165, 1.54) is 6.20 Å². The molecule has 0 aliphatic heterocycles. The van der Waals surface area contributed by atoms with Crippen LogP contribution in [0.3, 0.4) is 0 Å². The van der Waals surface area contributed by atoms with Crippen molar-refractivity contribution in [2.45, 2.75) is 20.0 Å². The molecule has 134 valence electrons. The molecule has 0 saturated heterocycles. The molecule has 0 spiro atoms. The van der Waals surface area contributed by atoms with Gasteiger partial charge in [0, 0.05) is 24.3 Å². The van der Waals surface area contributed by atoms with Crippen LogP contribution in [0, 0.1) is 0 Å². The van der Waals surface area contributed by atoms with E-state index in [1.807, 2.05) is 19.1 Å². The number of benzene rings is 1. The number of carbonyl (C=O) groups excluding carboxylic acids is 1. The van der Waals surface area contributed by atoms with Crippen molar-refractivity contribution in [3.63, 3.8) is 0 Å². The lowest BCUT2D eigenvalue weighted by Crippen LogP contribution is -2.29. The monoisotopic (exact) mass is 453 g/mol. The molecular formula is C18H14BrCl2N3O2. The smallest absolute Gasteiger partial charge is 0.257 e. The predicted molar refractivity (Wildman–Crippen MR) is 107 cm³/mol. The van der Waals surface area contributed by atoms with E-state index in [-0.39, 0.29) is 16.1 Å². The SMILES string of the molecule is CCn1cc(C(=O)NCc2ccc(Cl)cc2)c(=O)c2cc(Br)nc(Cl)c21. The maximum Gasteiger partial charge on any atom is 0.257 e. The second-order valence-electron chi connectivity index (χ2n) is 5.60. The Morgan fingerprint density at radius 2 is 1.96 bits per heavy atom. The molecule has 0 atom stereocenters. The summed E-state index contributed by atoms with van der Waals surface area (Å²) in [6.45, 7) is 2.73. The molecule has 3 aromatic rings. The van der Waals surface area contributed by atoms with E-state index >= 15 is 0 Å². The van der Waals surface area contributed by atoms with Gasteiger partial charge in [-0.15, -0.1) is 0 Å². The molecule has 8 heteroatoms. The van der Waals surface area contributed by atoms with Crippen molar-refractivity contribution < 1.29 is 4.79 Å². The van der Waals surface area contributed by atoms with E-state index in [9.17, 15) is 9.59 Å². The first kappa shape index (κ1) is 18.9. The number of rotatable bonds is 4. The maximum atomic E-state index is 12.8. The summed E-state index contributed by atoms with van der Waals surface area (Å²) in [7, 11) is 0. The summed E-state index contributed by atoms with van der Waals surface area (Å²) in [5, 5.41) is 3.94. The van der Waals surface area contributed by atoms with Crippen LogP contribution in [0.2, 0.25) is 10.2 Å². The molecule has 3 rings (SSSR count). The summed E-state index contributed by atoms with van der Waals surface area (Å²) in [5.41, 5.74) is 1.07. The second kappa shape index (κ2) is 7.78. The number of nitrogens with one attached hydrogen (secondary N) is 1. The van der Waals surface area contributed by atoms with Crippen molar-refractivity contribution in [3.05, 3.63) is 72.7 Å². The highest BCUT2D eigenvalue weighted by atomic mass is 79.9. The van der Waals surface area contributed by atoms with Gasteiger partial charge in [-0.2, -0.15) is 0 Å². The maximum absolute atomic E-state index is 12.8. The molecule has 0 saturated carbocycles. The quantitative estimate of drug-likeness (QED) is 0.593. The van der Waals surface area contributed by atoms with Crippen molar-refractivity contribution in [2.24, 2.45) is 0 Å². The number of carbonyl (C=O) groups is 1. The van der Waals surface area contributed by atoms with E-state index < -0.39 is 5.91 Å². The third kappa shape index (κ3) is 3.77. The third-order valence-electron chi connectivity index (χ3n) is 3.93. The number of pyridine rings is 2. The first-order chi connectivity index (χ1) is 12.4. The Bertz CT molecular complexity index is 1050. The zero-order valence-corrected chi connectivity index (χ0v) is 16.8. The number of nitrogens with zero attached hydrogens (tertiary/aromatic N) is 2. The summed E-state index contributed by atoms with van der Waals surface area (Å²) >= 11 is 15.3. The van der Waals surface area contributed by atoms with Crippen LogP contribution in [0.15, 0.2) is 45.9 Å². The Kier molecular flexibility index (Phi) is 5.65. The molecule has 2 aromatic heterocycles. The zero-order valence-electron chi connectivity index (χ0n) is 13.7. The summed E-state index contributed by atoms with van der Waals surface area (Å²) in [6, 6.07) is 8.70. The van der Waals surface area contributed by atoms with Crippen LogP contribution in [0.5, 0.6) is 0 Å². The van der Waals surface area contributed by atoms with Crippen molar-refractivity contribution in [1.82, 2.24) is 14.9 Å². The lowest BCUT2D eigenvalue weighted by molar-refractivity contribution is 0.0949. The Labute approximate surface area is 168 Å². The van der Waals surface area contributed by atoms with Gasteiger partial charge in [0.1, 0.15) is 10.2 Å². The third-order valence-corrected chi connectivity index (χ3v) is 4.85. The van der Waals surface area contributed by atoms with Gasteiger partial charge >= 0.3 is 0 Å². The first-order valence-electron chi connectivity index (χ1n) is 7.82. The molecule has 0 aliphatic rings. The molecule has 1 amide bonds. The van der Waals surface area contributed by atoms with Crippen LogP contribution in [-0.4, -0.2) is 15.5 Å². The van der Waals surface area contributed by atoms with Crippen molar-refractivity contribution >= 4 is 55.9 Å². The summed E-state index contributed by atoms with van der Waals surface area (Å²) in [6.07, 6.45) is 1.52. The first-order valence-corrected chi connectivity index (χ1v) is 9.37. The Morgan fingerprint density at radius 3 is 2.62 bits per heavy atom. The molecule has 0 bridgehead atoms. The highest BCUT2D eigenvalue weighted by Crippen LogP contribution is 2.23. The number of amides is 1. The van der Waals surface area contributed by atoms with E-state index in [2.05, 4.69) is 26.2 Å². The van der Waals surface area contributed by atoms with E-state index in [0.29, 0.717) is 33.6 Å². The topological polar surface area (TPSA) is 64.0 Å². The fourth-order valence-corrected chi connectivity index (χ4v) is 3.57. The Balaban J connectivity index is 1.99. The van der Waals surface area contributed by atoms with Gasteiger partial charge in [0.15, 0.2) is 5.15 Å². The van der Waals surface area contributed by atoms with Gasteiger partial charge in [0.05, 0.1) is 10.9 Å². The average molecular weight is 455 g/mol. The number of fused-ring (bicyclic) bond motifs is 1. The molecule has 1 N–H and O–H groups in total. The molecule has 0 aliphatic carbocycles. The normalized spacial score (nSPS) is 10.9. The van der Waals surface area contributed by atoms with Crippen LogP contribution in [-0.2, 0) is 13.1 Å². The highest BCUT2D eigenvalue weighted by molar-refractivity contribution is 9.10. The molecular weight excluding hydrogens is 441 g/mol. The fourth-order valence-electron chi connectivity index (χ4n) is 2.64. The molecule has 0 unspecified atom stereocenters. The molecule has 26 heavy (non-hydrogen) atoms. The van der Waals surface area contributed by atoms with Gasteiger partial charge in [0.2, 0.25) is 5.43 Å². The van der Waals surface area contributed by atoms with E-state index in [4.69, 9.17) is 23.2 Å². The van der Waals surface area contributed by atoms with Crippen LogP contribution < -0.4 is 10.7 Å². The number of hydrogen-bond donors (Lipinski definition) is 1. The van der Waals surface area contributed by atoms with Crippen molar-refractivity contribution in [1.29, 1.82) is 0 Å². The number of aromatic nitrogens is 2. The minimum absolute atomic E-state index is 0.0579. The van der Waals surface area contributed by atoms with Gasteiger partial charge in [-0.05, 0) is 46.6 Å². The highest BCUT2D eigenvalue weighted by Gasteiger charge is 2.17. The summed E-state index contributed by atoms with van der Waals surface area (Å²) < 4.78 is 2.18. The number of hydrogen-bond acceptors (Lipinski definition) is 3. The molecule has 2 heterocycles. The standard InChI is InChI=1S/C18H14BrCl2N3O2/c1-2-24-9-13(16(25)12-7-14(19)23-17(21)15(12)24)18(26)22-8-10-3-5-11(20)6-4-10/h3-7,9H,2,8H2,1H3,(H,22,26). The predicted octanol–water partition coefficient (Wildman–Crippen LogP) is 4.42. The van der Waals surface area contributed by atoms with Crippen molar-refractivity contribution in [2.75, 3.05) is 0 Å². The summed E-state index contributed by atoms with van der Waals surface area (Å²) in [4.78, 5) is 29.5. The average Bonchev–Trinajstić information content (AvgIpc) is 2.61. The zero-order chi connectivity index (χ0) is 18.8. The van der Waals surface area contributed by atoms with Gasteiger partial charge < -0.3 is 9.88 Å². The van der Waals surface area contributed by atoms with Gasteiger partial charge in [0.25, 0.3) is 5.91 Å². The van der Waals surface area contributed by atoms with Crippen LogP contribution in [0.25, 0.3) is 10.9 Å². The number of halogens is 3. The van der Waals surface area contributed by atoms with Crippen molar-refractivity contribution in [3.8, 4) is 0 Å². The Morgan fingerprint density at radius 1 is 1.27 bits per heavy atom. The van der Waals surface area contributed by atoms with Gasteiger partial charge in [-0.25, -0.2) is 4.98 Å². The lowest BCUT2D eigenvalue weighted by Gasteiger charge is -2.13. The van der Waals surface area contributed by atoms with Gasteiger partial charge in [-0.3, -0.25) is 9.59 Å². The molecule has 0 radical (unpaired) electrons. The fraction of sp³-hybridized carbons (Fsp3) is 0.167. The largest absolute Gasteiger partial charge is 0.348 e. The van der Waals surface area contributed by atoms with Crippen LogP contribution in [0.4, 0.5) is 0 Å². The number of aryl methyl sites for hydroxylation is 1. The summed E-state index contributed by atoms with van der Waals surface area (Å²) in [5.74, 6) is -0.446. The molecule has 1 aromatic carbocycles.